The van der Waals surface area contributed by atoms with Gasteiger partial charge in [-0.15, -0.1) is 0 Å². The molecule has 3 aliphatic rings. The molecule has 0 aromatic carbocycles. The number of hydrogen-bond acceptors (Lipinski definition) is 8. The van der Waals surface area contributed by atoms with E-state index in [4.69, 9.17) is 11.6 Å². The molecule has 3 aromatic rings. The van der Waals surface area contributed by atoms with Crippen molar-refractivity contribution >= 4 is 49.8 Å². The number of hydrogen-bond donors (Lipinski definition) is 2. The molecule has 5 heterocycles. The number of pyridine rings is 3. The van der Waals surface area contributed by atoms with Crippen LogP contribution < -0.4 is 10.6 Å². The first-order valence-corrected chi connectivity index (χ1v) is 12.9. The lowest BCUT2D eigenvalue weighted by Crippen LogP contribution is -2.40. The van der Waals surface area contributed by atoms with Crippen LogP contribution in [0.25, 0.3) is 11.0 Å². The predicted octanol–water partition coefficient (Wildman–Crippen LogP) is 4.55. The molecule has 1 saturated heterocycles. The number of anilines is 2. The SMILES string of the molecule is C1CC1.CC.O=S1(=O)CC(c2cc(Nc3ccnc4cc(Cl)cnc34)ncc2F)NC2=NC21. The topological polar surface area (TPSA) is 109 Å². The highest BCUT2D eigenvalue weighted by molar-refractivity contribution is 7.93. The highest BCUT2D eigenvalue weighted by Crippen LogP contribution is 2.32. The maximum atomic E-state index is 14.4. The zero-order valence-electron chi connectivity index (χ0n) is 18.2. The maximum Gasteiger partial charge on any atom is 0.209 e. The first kappa shape index (κ1) is 23.3. The number of sulfone groups is 1. The minimum Gasteiger partial charge on any atom is -0.363 e. The van der Waals surface area contributed by atoms with Gasteiger partial charge in [0.2, 0.25) is 5.37 Å². The summed E-state index contributed by atoms with van der Waals surface area (Å²) >= 11 is 5.95. The van der Waals surface area contributed by atoms with Gasteiger partial charge in [-0.2, -0.15) is 0 Å². The largest absolute Gasteiger partial charge is 0.363 e. The third-order valence-electron chi connectivity index (χ3n) is 4.90. The molecule has 33 heavy (non-hydrogen) atoms. The van der Waals surface area contributed by atoms with E-state index in [0.29, 0.717) is 33.4 Å². The van der Waals surface area contributed by atoms with Crippen LogP contribution in [0.4, 0.5) is 15.9 Å². The molecule has 0 bridgehead atoms. The Labute approximate surface area is 196 Å². The number of halogens is 2. The molecule has 1 saturated carbocycles. The summed E-state index contributed by atoms with van der Waals surface area (Å²) in [6.07, 6.45) is 8.65. The van der Waals surface area contributed by atoms with Crippen LogP contribution in [-0.2, 0) is 9.84 Å². The maximum absolute atomic E-state index is 14.4. The third-order valence-corrected chi connectivity index (χ3v) is 6.92. The van der Waals surface area contributed by atoms with Gasteiger partial charge in [0.15, 0.2) is 9.84 Å². The second-order valence-corrected chi connectivity index (χ2v) is 10.1. The Morgan fingerprint density at radius 3 is 2.58 bits per heavy atom. The van der Waals surface area contributed by atoms with Crippen molar-refractivity contribution in [2.24, 2.45) is 4.99 Å². The van der Waals surface area contributed by atoms with Crippen LogP contribution in [0.3, 0.4) is 0 Å². The Kier molecular flexibility index (Phi) is 6.76. The molecule has 2 unspecified atom stereocenters. The van der Waals surface area contributed by atoms with Gasteiger partial charge in [-0.1, -0.05) is 44.7 Å². The minimum atomic E-state index is -3.41. The number of aromatic nitrogens is 3. The molecule has 1 aliphatic carbocycles. The molecule has 2 aliphatic heterocycles. The average molecular weight is 491 g/mol. The van der Waals surface area contributed by atoms with E-state index >= 15 is 0 Å². The number of rotatable bonds is 3. The highest BCUT2D eigenvalue weighted by Gasteiger charge is 2.47. The summed E-state index contributed by atoms with van der Waals surface area (Å²) < 4.78 is 38.6. The summed E-state index contributed by atoms with van der Waals surface area (Å²) in [5, 5.41) is 5.73. The summed E-state index contributed by atoms with van der Waals surface area (Å²) in [6.45, 7) is 4.00. The lowest BCUT2D eigenvalue weighted by atomic mass is 10.1. The van der Waals surface area contributed by atoms with Gasteiger partial charge in [-0.25, -0.2) is 22.8 Å². The molecule has 2 N–H and O–H groups in total. The van der Waals surface area contributed by atoms with Crippen LogP contribution in [0.2, 0.25) is 5.02 Å². The van der Waals surface area contributed by atoms with Gasteiger partial charge in [0.1, 0.15) is 23.0 Å². The third kappa shape index (κ3) is 5.39. The fraction of sp³-hybridized carbons (Fsp3) is 0.364. The van der Waals surface area contributed by atoms with Crippen molar-refractivity contribution in [2.45, 2.75) is 44.5 Å². The molecule has 8 nitrogen and oxygen atoms in total. The number of nitrogens with zero attached hydrogens (tertiary/aromatic N) is 4. The molecular weight excluding hydrogens is 467 g/mol. The van der Waals surface area contributed by atoms with Crippen molar-refractivity contribution in [3.05, 3.63) is 53.2 Å². The summed E-state index contributed by atoms with van der Waals surface area (Å²) in [5.74, 6) is -0.103. The quantitative estimate of drug-likeness (QED) is 0.554. The van der Waals surface area contributed by atoms with Crippen LogP contribution in [-0.4, -0.2) is 40.3 Å². The van der Waals surface area contributed by atoms with Crippen LogP contribution in [0, 0.1) is 5.82 Å². The predicted molar refractivity (Wildman–Crippen MR) is 128 cm³/mol. The normalized spacial score (nSPS) is 21.2. The Morgan fingerprint density at radius 1 is 1.12 bits per heavy atom. The molecule has 6 rings (SSSR count). The van der Waals surface area contributed by atoms with Crippen LogP contribution >= 0.6 is 11.6 Å². The molecule has 2 fully saturated rings. The summed E-state index contributed by atoms with van der Waals surface area (Å²) in [6, 6.07) is 4.15. The number of amidine groups is 1. The van der Waals surface area contributed by atoms with E-state index in [0.717, 1.165) is 6.20 Å². The fourth-order valence-electron chi connectivity index (χ4n) is 3.19. The lowest BCUT2D eigenvalue weighted by molar-refractivity contribution is 0.553. The molecular formula is C22H24ClFN6O2S. The standard InChI is InChI=1S/C17H12ClFN6O2S.C3H6.C2H6/c18-8-3-12-15(22-5-8)11(1-2-20-12)23-14-4-9(10(19)6-21-14)13-7-28(26,27)17-16(24-13)25-17;1-2-3-1;1-2/h1-6,13,17H,7H2,(H,24,25)(H,20,21,23);1-3H2;1-2H3. The van der Waals surface area contributed by atoms with Gasteiger partial charge in [-0.05, 0) is 18.2 Å². The molecule has 174 valence electrons. The van der Waals surface area contributed by atoms with E-state index < -0.39 is 27.1 Å². The Bertz CT molecular complexity index is 1310. The number of aliphatic imine (C=N–C) groups is 1. The first-order chi connectivity index (χ1) is 15.9. The van der Waals surface area contributed by atoms with Crippen LogP contribution in [0.1, 0.15) is 44.7 Å². The van der Waals surface area contributed by atoms with E-state index in [2.05, 4.69) is 30.6 Å². The molecule has 0 spiro atoms. The fourth-order valence-corrected chi connectivity index (χ4v) is 4.94. The van der Waals surface area contributed by atoms with Gasteiger partial charge in [0.05, 0.1) is 34.2 Å². The van der Waals surface area contributed by atoms with Gasteiger partial charge in [0, 0.05) is 18.0 Å². The molecule has 3 aromatic heterocycles. The summed E-state index contributed by atoms with van der Waals surface area (Å²) in [5.41, 5.74) is 1.98. The van der Waals surface area contributed by atoms with E-state index in [9.17, 15) is 12.8 Å². The second kappa shape index (κ2) is 9.56. The van der Waals surface area contributed by atoms with Gasteiger partial charge in [-0.3, -0.25) is 9.97 Å². The van der Waals surface area contributed by atoms with Gasteiger partial charge >= 0.3 is 0 Å². The van der Waals surface area contributed by atoms with Gasteiger partial charge < -0.3 is 10.6 Å². The van der Waals surface area contributed by atoms with Crippen molar-refractivity contribution in [3.63, 3.8) is 0 Å². The van der Waals surface area contributed by atoms with Crippen molar-refractivity contribution in [3.8, 4) is 0 Å². The smallest absolute Gasteiger partial charge is 0.209 e. The van der Waals surface area contributed by atoms with Gasteiger partial charge in [0.25, 0.3) is 0 Å². The average Bonchev–Trinajstić information content (AvgIpc) is 3.69. The zero-order valence-corrected chi connectivity index (χ0v) is 19.8. The highest BCUT2D eigenvalue weighted by atomic mass is 35.5. The first-order valence-electron chi connectivity index (χ1n) is 10.8. The molecule has 2 atom stereocenters. The van der Waals surface area contributed by atoms with Crippen LogP contribution in [0.15, 0.2) is 41.8 Å². The monoisotopic (exact) mass is 490 g/mol. The van der Waals surface area contributed by atoms with E-state index in [1.807, 2.05) is 13.8 Å². The Hall–Kier alpha value is -2.85. The summed E-state index contributed by atoms with van der Waals surface area (Å²) in [7, 11) is -3.41. The van der Waals surface area contributed by atoms with Crippen molar-refractivity contribution in [2.75, 3.05) is 11.1 Å². The zero-order chi connectivity index (χ0) is 23.6. The van der Waals surface area contributed by atoms with E-state index in [-0.39, 0.29) is 11.3 Å². The van der Waals surface area contributed by atoms with Crippen LogP contribution in [0.5, 0.6) is 0 Å². The van der Waals surface area contributed by atoms with Crippen molar-refractivity contribution in [1.82, 2.24) is 20.3 Å². The molecule has 0 radical (unpaired) electrons. The Balaban J connectivity index is 0.000000470. The lowest BCUT2D eigenvalue weighted by Gasteiger charge is -2.23. The van der Waals surface area contributed by atoms with Crippen molar-refractivity contribution < 1.29 is 12.8 Å². The number of fused-ring (bicyclic) bond motifs is 2. The van der Waals surface area contributed by atoms with Crippen molar-refractivity contribution in [1.29, 1.82) is 0 Å². The Morgan fingerprint density at radius 2 is 1.88 bits per heavy atom. The minimum absolute atomic E-state index is 0.198. The number of nitrogens with one attached hydrogen (secondary N) is 2. The molecule has 11 heteroatoms. The molecule has 0 amide bonds. The summed E-state index contributed by atoms with van der Waals surface area (Å²) in [4.78, 5) is 16.4. The second-order valence-electron chi connectivity index (χ2n) is 7.55. The van der Waals surface area contributed by atoms with E-state index in [1.54, 1.807) is 18.3 Å². The van der Waals surface area contributed by atoms with E-state index in [1.165, 1.54) is 31.5 Å².